The zero-order chi connectivity index (χ0) is 14.6. The maximum Gasteiger partial charge on any atom is 0.252 e. The summed E-state index contributed by atoms with van der Waals surface area (Å²) in [7, 11) is 0.0410. The smallest absolute Gasteiger partial charge is 0.252 e. The van der Waals surface area contributed by atoms with E-state index in [4.69, 9.17) is 0 Å². The predicted molar refractivity (Wildman–Crippen MR) is 82.2 cm³/mol. The van der Waals surface area contributed by atoms with Gasteiger partial charge in [0.15, 0.2) is 0 Å². The monoisotopic (exact) mass is 310 g/mol. The van der Waals surface area contributed by atoms with Crippen LogP contribution in [0.4, 0.5) is 0 Å². The van der Waals surface area contributed by atoms with Crippen molar-refractivity contribution in [3.8, 4) is 0 Å². The van der Waals surface area contributed by atoms with Crippen molar-refractivity contribution in [2.45, 2.75) is 17.3 Å². The van der Waals surface area contributed by atoms with Gasteiger partial charge in [-0.15, -0.1) is 11.3 Å². The summed E-state index contributed by atoms with van der Waals surface area (Å²) < 4.78 is 26.7. The molecule has 0 bridgehead atoms. The highest BCUT2D eigenvalue weighted by Crippen LogP contribution is 2.24. The number of thiophene rings is 1. The average Bonchev–Trinajstić information content (AvgIpc) is 2.89. The van der Waals surface area contributed by atoms with Crippen LogP contribution in [0.3, 0.4) is 0 Å². The van der Waals surface area contributed by atoms with Crippen molar-refractivity contribution in [2.75, 3.05) is 14.1 Å². The van der Waals surface area contributed by atoms with Gasteiger partial charge in [0.1, 0.15) is 4.21 Å². The van der Waals surface area contributed by atoms with Crippen LogP contribution in [0.15, 0.2) is 46.0 Å². The summed E-state index contributed by atoms with van der Waals surface area (Å²) in [4.78, 5) is 0. The van der Waals surface area contributed by atoms with Crippen molar-refractivity contribution >= 4 is 21.4 Å². The normalized spacial score (nSPS) is 11.9. The molecule has 0 saturated heterocycles. The van der Waals surface area contributed by atoms with E-state index in [9.17, 15) is 8.42 Å². The van der Waals surface area contributed by atoms with Crippen molar-refractivity contribution < 1.29 is 8.42 Å². The lowest BCUT2D eigenvalue weighted by Crippen LogP contribution is -2.25. The van der Waals surface area contributed by atoms with E-state index in [2.05, 4.69) is 5.32 Å². The second kappa shape index (κ2) is 6.49. The van der Waals surface area contributed by atoms with E-state index in [0.29, 0.717) is 17.3 Å². The summed E-state index contributed by atoms with van der Waals surface area (Å²) in [6.45, 7) is 1.05. The third-order valence-corrected chi connectivity index (χ3v) is 6.19. The lowest BCUT2D eigenvalue weighted by Gasteiger charge is -2.15. The molecule has 0 saturated carbocycles. The number of nitrogens with one attached hydrogen (secondary N) is 1. The van der Waals surface area contributed by atoms with Crippen LogP contribution in [-0.2, 0) is 23.1 Å². The molecule has 6 heteroatoms. The van der Waals surface area contributed by atoms with Crippen LogP contribution in [0.25, 0.3) is 0 Å². The first-order valence-corrected chi connectivity index (χ1v) is 8.58. The van der Waals surface area contributed by atoms with E-state index >= 15 is 0 Å². The molecule has 20 heavy (non-hydrogen) atoms. The molecule has 0 atom stereocenters. The molecule has 108 valence electrons. The first kappa shape index (κ1) is 15.2. The number of rotatable bonds is 6. The summed E-state index contributed by atoms with van der Waals surface area (Å²) in [5.74, 6) is 0. The van der Waals surface area contributed by atoms with Gasteiger partial charge in [-0.2, -0.15) is 4.31 Å². The van der Waals surface area contributed by atoms with Gasteiger partial charge in [-0.05, 0) is 29.6 Å². The quantitative estimate of drug-likeness (QED) is 0.890. The molecule has 0 aliphatic carbocycles. The van der Waals surface area contributed by atoms with Crippen LogP contribution in [0.2, 0.25) is 0 Å². The molecule has 0 aliphatic rings. The molecule has 1 heterocycles. The van der Waals surface area contributed by atoms with Crippen LogP contribution in [0, 0.1) is 0 Å². The van der Waals surface area contributed by atoms with Gasteiger partial charge in [-0.25, -0.2) is 8.42 Å². The highest BCUT2D eigenvalue weighted by Gasteiger charge is 2.22. The van der Waals surface area contributed by atoms with Crippen LogP contribution in [0.5, 0.6) is 0 Å². The van der Waals surface area contributed by atoms with Crippen molar-refractivity contribution in [3.05, 3.63) is 52.9 Å². The van der Waals surface area contributed by atoms with Gasteiger partial charge in [0.25, 0.3) is 10.0 Å². The predicted octanol–water partition coefficient (Wildman–Crippen LogP) is 2.29. The third kappa shape index (κ3) is 3.46. The van der Waals surface area contributed by atoms with Gasteiger partial charge < -0.3 is 5.32 Å². The van der Waals surface area contributed by atoms with E-state index in [1.807, 2.05) is 42.8 Å². The van der Waals surface area contributed by atoms with Crippen molar-refractivity contribution in [1.29, 1.82) is 0 Å². The second-order valence-corrected chi connectivity index (χ2v) is 7.73. The Morgan fingerprint density at radius 1 is 1.20 bits per heavy atom. The zero-order valence-electron chi connectivity index (χ0n) is 11.5. The number of benzene rings is 1. The van der Waals surface area contributed by atoms with Crippen LogP contribution in [-0.4, -0.2) is 26.8 Å². The van der Waals surface area contributed by atoms with Gasteiger partial charge >= 0.3 is 0 Å². The van der Waals surface area contributed by atoms with Crippen LogP contribution >= 0.6 is 11.3 Å². The number of sulfonamides is 1. The largest absolute Gasteiger partial charge is 0.316 e. The molecule has 0 aliphatic heterocycles. The molecule has 1 N–H and O–H groups in total. The van der Waals surface area contributed by atoms with Crippen molar-refractivity contribution in [1.82, 2.24) is 9.62 Å². The molecule has 1 aromatic heterocycles. The maximum atomic E-state index is 12.5. The van der Waals surface area contributed by atoms with Crippen molar-refractivity contribution in [3.63, 3.8) is 0 Å². The topological polar surface area (TPSA) is 49.4 Å². The molecule has 2 aromatic rings. The molecule has 0 fully saturated rings. The molecular weight excluding hydrogens is 292 g/mol. The fraction of sp³-hybridized carbons (Fsp3) is 0.286. The Kier molecular flexibility index (Phi) is 4.93. The minimum atomic E-state index is -3.41. The molecule has 4 nitrogen and oxygen atoms in total. The first-order valence-electron chi connectivity index (χ1n) is 6.26. The number of nitrogens with zero attached hydrogens (tertiary/aromatic N) is 1. The Bertz CT molecular complexity index is 651. The van der Waals surface area contributed by atoms with E-state index in [0.717, 1.165) is 11.1 Å². The Hall–Kier alpha value is -1.21. The van der Waals surface area contributed by atoms with E-state index < -0.39 is 10.0 Å². The molecule has 2 rings (SSSR count). The Labute approximate surface area is 124 Å². The lowest BCUT2D eigenvalue weighted by molar-refractivity contribution is 0.468. The third-order valence-electron chi connectivity index (χ3n) is 2.92. The summed E-state index contributed by atoms with van der Waals surface area (Å²) in [5, 5.41) is 4.89. The fourth-order valence-electron chi connectivity index (χ4n) is 1.86. The zero-order valence-corrected chi connectivity index (χ0v) is 13.2. The molecule has 0 spiro atoms. The Morgan fingerprint density at radius 2 is 1.90 bits per heavy atom. The van der Waals surface area contributed by atoms with Gasteiger partial charge in [-0.1, -0.05) is 30.3 Å². The second-order valence-electron chi connectivity index (χ2n) is 4.55. The van der Waals surface area contributed by atoms with E-state index in [-0.39, 0.29) is 0 Å². The molecule has 0 amide bonds. The minimum Gasteiger partial charge on any atom is -0.316 e. The maximum absolute atomic E-state index is 12.5. The van der Waals surface area contributed by atoms with E-state index in [1.54, 1.807) is 13.1 Å². The van der Waals surface area contributed by atoms with Crippen LogP contribution in [0.1, 0.15) is 11.1 Å². The first-order chi connectivity index (χ1) is 9.54. The van der Waals surface area contributed by atoms with Crippen molar-refractivity contribution in [2.24, 2.45) is 0 Å². The Morgan fingerprint density at radius 3 is 2.55 bits per heavy atom. The summed E-state index contributed by atoms with van der Waals surface area (Å²) >= 11 is 1.27. The van der Waals surface area contributed by atoms with Gasteiger partial charge in [0.05, 0.1) is 0 Å². The molecule has 1 aromatic carbocycles. The van der Waals surface area contributed by atoms with Gasteiger partial charge in [-0.3, -0.25) is 0 Å². The van der Waals surface area contributed by atoms with Gasteiger partial charge in [0, 0.05) is 20.1 Å². The summed E-state index contributed by atoms with van der Waals surface area (Å²) in [6.07, 6.45) is 0. The average molecular weight is 310 g/mol. The summed E-state index contributed by atoms with van der Waals surface area (Å²) in [6, 6.07) is 11.3. The number of hydrogen-bond acceptors (Lipinski definition) is 4. The molecule has 0 unspecified atom stereocenters. The lowest BCUT2D eigenvalue weighted by atomic mass is 10.2. The SMILES string of the molecule is CNCc1csc(S(=O)(=O)N(C)Cc2ccccc2)c1. The molecular formula is C14H18N2O2S2. The highest BCUT2D eigenvalue weighted by molar-refractivity contribution is 7.91. The highest BCUT2D eigenvalue weighted by atomic mass is 32.2. The van der Waals surface area contributed by atoms with E-state index in [1.165, 1.54) is 15.6 Å². The summed E-state index contributed by atoms with van der Waals surface area (Å²) in [5.41, 5.74) is 1.97. The fourth-order valence-corrected chi connectivity index (χ4v) is 4.44. The van der Waals surface area contributed by atoms with Gasteiger partial charge in [0.2, 0.25) is 0 Å². The Balaban J connectivity index is 2.16. The minimum absolute atomic E-state index is 0.377. The van der Waals surface area contributed by atoms with Crippen LogP contribution < -0.4 is 5.32 Å². The number of hydrogen-bond donors (Lipinski definition) is 1. The molecule has 0 radical (unpaired) electrons. The standard InChI is InChI=1S/C14H18N2O2S2/c1-15-9-13-8-14(19-11-13)20(17,18)16(2)10-12-6-4-3-5-7-12/h3-8,11,15H,9-10H2,1-2H3.